The maximum Gasteiger partial charge on any atom is 0.335 e. The van der Waals surface area contributed by atoms with Gasteiger partial charge in [-0.1, -0.05) is 54.6 Å². The number of hydrogen-bond acceptors (Lipinski definition) is 6. The molecular weight excluding hydrogens is 518 g/mol. The molecule has 0 radical (unpaired) electrons. The van der Waals surface area contributed by atoms with E-state index in [9.17, 15) is 26.7 Å². The summed E-state index contributed by atoms with van der Waals surface area (Å²) >= 11 is 0.947. The van der Waals surface area contributed by atoms with Crippen LogP contribution >= 0.6 is 11.3 Å². The molecule has 0 bridgehead atoms. The number of carboxylic acid groups (broad SMARTS) is 1. The Morgan fingerprint density at radius 2 is 1.50 bits per heavy atom. The Balaban J connectivity index is 1.72. The summed E-state index contributed by atoms with van der Waals surface area (Å²) in [6.45, 7) is 0. The monoisotopic (exact) mass is 541 g/mol. The van der Waals surface area contributed by atoms with Crippen LogP contribution < -0.4 is 3.71 Å². The summed E-state index contributed by atoms with van der Waals surface area (Å²) in [6, 6.07) is 23.6. The Morgan fingerprint density at radius 3 is 2.19 bits per heavy atom. The average Bonchev–Trinajstić information content (AvgIpc) is 3.42. The number of aromatic carboxylic acids is 1. The van der Waals surface area contributed by atoms with Crippen molar-refractivity contribution in [3.63, 3.8) is 0 Å². The maximum absolute atomic E-state index is 13.7. The number of nitrogens with zero attached hydrogens (tertiary/aromatic N) is 1. The molecule has 0 spiro atoms. The van der Waals surface area contributed by atoms with Crippen LogP contribution in [0.25, 0.3) is 0 Å². The summed E-state index contributed by atoms with van der Waals surface area (Å²) < 4.78 is 55.2. The predicted molar refractivity (Wildman–Crippen MR) is 139 cm³/mol. The molecule has 3 aromatic carbocycles. The van der Waals surface area contributed by atoms with Crippen molar-refractivity contribution in [1.82, 2.24) is 0 Å². The van der Waals surface area contributed by atoms with Gasteiger partial charge in [-0.3, -0.25) is 0 Å². The van der Waals surface area contributed by atoms with Crippen LogP contribution in [-0.4, -0.2) is 27.9 Å². The van der Waals surface area contributed by atoms with Gasteiger partial charge >= 0.3 is 5.97 Å². The molecule has 7 nitrogen and oxygen atoms in total. The second-order valence-corrected chi connectivity index (χ2v) is 12.9. The molecule has 4 aromatic rings. The molecule has 0 amide bonds. The third kappa shape index (κ3) is 5.35. The summed E-state index contributed by atoms with van der Waals surface area (Å²) in [5.41, 5.74) is 1.63. The maximum atomic E-state index is 13.7. The Bertz CT molecular complexity index is 1560. The lowest BCUT2D eigenvalue weighted by atomic mass is 10.0. The second kappa shape index (κ2) is 10.7. The Kier molecular flexibility index (Phi) is 7.58. The van der Waals surface area contributed by atoms with Crippen molar-refractivity contribution >= 4 is 43.0 Å². The second-order valence-electron chi connectivity index (χ2n) is 7.94. The molecule has 0 unspecified atom stereocenters. The smallest absolute Gasteiger partial charge is 0.335 e. The number of carboxylic acids is 1. The summed E-state index contributed by atoms with van der Waals surface area (Å²) in [7, 11) is -8.90. The number of carbonyl (C=O) groups is 1. The molecule has 0 fully saturated rings. The highest BCUT2D eigenvalue weighted by molar-refractivity contribution is 8.11. The summed E-state index contributed by atoms with van der Waals surface area (Å²) in [4.78, 5) is 11.1. The van der Waals surface area contributed by atoms with E-state index in [1.54, 1.807) is 60.0 Å². The van der Waals surface area contributed by atoms with Crippen LogP contribution in [0, 0.1) is 0 Å². The van der Waals surface area contributed by atoms with Gasteiger partial charge in [0.2, 0.25) is 0 Å². The van der Waals surface area contributed by atoms with Gasteiger partial charge in [-0.15, -0.1) is 11.3 Å². The van der Waals surface area contributed by atoms with E-state index in [0.29, 0.717) is 28.5 Å². The van der Waals surface area contributed by atoms with Gasteiger partial charge in [-0.25, -0.2) is 13.2 Å². The van der Waals surface area contributed by atoms with Crippen LogP contribution in [0.5, 0.6) is 0 Å². The largest absolute Gasteiger partial charge is 0.478 e. The molecule has 1 heterocycles. The van der Waals surface area contributed by atoms with Crippen molar-refractivity contribution in [3.05, 3.63) is 113 Å². The van der Waals surface area contributed by atoms with E-state index >= 15 is 0 Å². The van der Waals surface area contributed by atoms with Crippen LogP contribution in [-0.2, 0) is 32.9 Å². The number of benzene rings is 3. The molecule has 0 aliphatic heterocycles. The van der Waals surface area contributed by atoms with Crippen molar-refractivity contribution < 1.29 is 26.7 Å². The molecule has 0 saturated carbocycles. The fraction of sp³-hybridized carbons (Fsp3) is 0.115. The molecular formula is C26H23NO6S3. The minimum absolute atomic E-state index is 0.0639. The lowest BCUT2D eigenvalue weighted by Crippen LogP contribution is -2.37. The lowest BCUT2D eigenvalue weighted by Gasteiger charge is -2.25. The van der Waals surface area contributed by atoms with Crippen LogP contribution in [0.3, 0.4) is 0 Å². The van der Waals surface area contributed by atoms with Crippen LogP contribution in [0.2, 0.25) is 0 Å². The standard InChI is InChI=1S/C26H23NO6S3/c28-26(29)22-13-7-10-20(19-22)9-6-12-21-11-4-5-16-24(21)27(36(32,33)25-17-8-18-34-25)35(30,31)23-14-2-1-3-15-23/h1-5,7-8,10-11,13-19H,6,9,12H2,(H,28,29). The minimum Gasteiger partial charge on any atom is -0.478 e. The number of anilines is 1. The van der Waals surface area contributed by atoms with Crippen LogP contribution in [0.1, 0.15) is 27.9 Å². The SMILES string of the molecule is O=C(O)c1cccc(CCCc2ccccc2N(S(=O)(=O)c2ccccc2)S(=O)(=O)c2cccs2)c1. The van der Waals surface area contributed by atoms with Crippen LogP contribution in [0.4, 0.5) is 5.69 Å². The molecule has 0 aliphatic carbocycles. The molecule has 0 atom stereocenters. The zero-order valence-electron chi connectivity index (χ0n) is 19.0. The molecule has 1 N–H and O–H groups in total. The lowest BCUT2D eigenvalue weighted by molar-refractivity contribution is 0.0696. The molecule has 4 rings (SSSR count). The first kappa shape index (κ1) is 25.6. The highest BCUT2D eigenvalue weighted by Crippen LogP contribution is 2.35. The third-order valence-electron chi connectivity index (χ3n) is 5.50. The van der Waals surface area contributed by atoms with Gasteiger partial charge in [0, 0.05) is 0 Å². The van der Waals surface area contributed by atoms with Crippen molar-refractivity contribution in [2.45, 2.75) is 28.4 Å². The van der Waals surface area contributed by atoms with E-state index in [2.05, 4.69) is 0 Å². The number of rotatable bonds is 10. The molecule has 0 saturated heterocycles. The van der Waals surface area contributed by atoms with Crippen LogP contribution in [0.15, 0.2) is 105 Å². The van der Waals surface area contributed by atoms with Gasteiger partial charge in [0.05, 0.1) is 16.1 Å². The number of aryl methyl sites for hydroxylation is 2. The summed E-state index contributed by atoms with van der Waals surface area (Å²) in [5, 5.41) is 10.8. The molecule has 186 valence electrons. The van der Waals surface area contributed by atoms with E-state index in [4.69, 9.17) is 0 Å². The Hall–Kier alpha value is -3.47. The zero-order valence-corrected chi connectivity index (χ0v) is 21.5. The summed E-state index contributed by atoms with van der Waals surface area (Å²) in [6.07, 6.45) is 1.48. The van der Waals surface area contributed by atoms with Gasteiger partial charge in [-0.05, 0) is 72.2 Å². The number of hydrogen-bond donors (Lipinski definition) is 1. The zero-order chi connectivity index (χ0) is 25.8. The fourth-order valence-electron chi connectivity index (χ4n) is 3.81. The highest BCUT2D eigenvalue weighted by atomic mass is 32.3. The van der Waals surface area contributed by atoms with Gasteiger partial charge in [0.1, 0.15) is 4.21 Å². The Morgan fingerprint density at radius 1 is 0.778 bits per heavy atom. The van der Waals surface area contributed by atoms with Crippen molar-refractivity contribution in [2.75, 3.05) is 3.71 Å². The third-order valence-corrected chi connectivity index (χ3v) is 11.0. The van der Waals surface area contributed by atoms with E-state index in [1.807, 2.05) is 6.07 Å². The van der Waals surface area contributed by atoms with Gasteiger partial charge < -0.3 is 5.11 Å². The van der Waals surface area contributed by atoms with Gasteiger partial charge in [0.25, 0.3) is 20.0 Å². The first-order chi connectivity index (χ1) is 17.2. The first-order valence-corrected chi connectivity index (χ1v) is 14.8. The normalized spacial score (nSPS) is 11.8. The molecule has 1 aromatic heterocycles. The van der Waals surface area contributed by atoms with E-state index in [-0.39, 0.29) is 20.4 Å². The number of sulfonamides is 2. The molecule has 36 heavy (non-hydrogen) atoms. The number of para-hydroxylation sites is 1. The first-order valence-electron chi connectivity index (χ1n) is 11.0. The predicted octanol–water partition coefficient (Wildman–Crippen LogP) is 5.21. The fourth-order valence-corrected chi connectivity index (χ4v) is 8.79. The minimum atomic E-state index is -4.47. The highest BCUT2D eigenvalue weighted by Gasteiger charge is 2.38. The van der Waals surface area contributed by atoms with E-state index in [0.717, 1.165) is 16.9 Å². The number of thiophene rings is 1. The van der Waals surface area contributed by atoms with E-state index in [1.165, 1.54) is 30.3 Å². The topological polar surface area (TPSA) is 109 Å². The average molecular weight is 542 g/mol. The quantitative estimate of drug-likeness (QED) is 0.295. The van der Waals surface area contributed by atoms with Crippen molar-refractivity contribution in [2.24, 2.45) is 0 Å². The van der Waals surface area contributed by atoms with E-state index < -0.39 is 26.0 Å². The van der Waals surface area contributed by atoms with Crippen molar-refractivity contribution in [3.8, 4) is 0 Å². The molecule has 10 heteroatoms. The Labute approximate surface area is 214 Å². The summed E-state index contributed by atoms with van der Waals surface area (Å²) in [5.74, 6) is -1.01. The van der Waals surface area contributed by atoms with Gasteiger partial charge in [0.15, 0.2) is 0 Å². The van der Waals surface area contributed by atoms with Crippen molar-refractivity contribution in [1.29, 1.82) is 0 Å². The molecule has 0 aliphatic rings. The van der Waals surface area contributed by atoms with Gasteiger partial charge in [-0.2, -0.15) is 12.1 Å².